The number of pyridine rings is 3. The van der Waals surface area contributed by atoms with Crippen LogP contribution in [-0.4, -0.2) is 15.0 Å². The van der Waals surface area contributed by atoms with Gasteiger partial charge in [-0.2, -0.15) is 0 Å². The molecule has 0 atom stereocenters. The van der Waals surface area contributed by atoms with E-state index >= 15 is 0 Å². The maximum atomic E-state index is 13.9. The molecule has 5 nitrogen and oxygen atoms in total. The molecule has 0 aliphatic heterocycles. The summed E-state index contributed by atoms with van der Waals surface area (Å²) in [6.07, 6.45) is 5.18. The van der Waals surface area contributed by atoms with E-state index in [9.17, 15) is 8.78 Å². The van der Waals surface area contributed by atoms with E-state index in [2.05, 4.69) is 25.0 Å². The van der Waals surface area contributed by atoms with Crippen LogP contribution in [0.1, 0.15) is 5.69 Å². The second kappa shape index (κ2) is 8.87. The van der Waals surface area contributed by atoms with Gasteiger partial charge in [-0.1, -0.05) is 6.07 Å². The van der Waals surface area contributed by atoms with E-state index in [4.69, 9.17) is 0 Å². The number of rotatable bonds is 6. The Bertz CT molecular complexity index is 1170. The van der Waals surface area contributed by atoms with E-state index in [-0.39, 0.29) is 0 Å². The number of hydrogen-bond donors (Lipinski definition) is 2. The lowest BCUT2D eigenvalue weighted by Crippen LogP contribution is -1.97. The highest BCUT2D eigenvalue weighted by atomic mass is 32.2. The molecule has 0 spiro atoms. The van der Waals surface area contributed by atoms with Crippen LogP contribution in [0.5, 0.6) is 0 Å². The van der Waals surface area contributed by atoms with E-state index < -0.39 is 11.6 Å². The molecular formula is C22H17F2N5S. The van der Waals surface area contributed by atoms with Crippen LogP contribution < -0.4 is 10.0 Å². The molecule has 4 aromatic rings. The normalized spacial score (nSPS) is 10.6. The Morgan fingerprint density at radius 3 is 2.50 bits per heavy atom. The van der Waals surface area contributed by atoms with Crippen LogP contribution in [0, 0.1) is 18.6 Å². The summed E-state index contributed by atoms with van der Waals surface area (Å²) in [5.74, 6) is 0.131. The monoisotopic (exact) mass is 421 g/mol. The molecule has 3 heterocycles. The third kappa shape index (κ3) is 4.72. The predicted octanol–water partition coefficient (Wildman–Crippen LogP) is 5.99. The average molecular weight is 421 g/mol. The smallest absolute Gasteiger partial charge is 0.141 e. The number of nitrogens with one attached hydrogen (secondary N) is 2. The molecule has 1 aromatic carbocycles. The summed E-state index contributed by atoms with van der Waals surface area (Å²) in [5, 5.41) is 3.16. The zero-order chi connectivity index (χ0) is 20.9. The molecule has 0 unspecified atom stereocenters. The standard InChI is InChI=1S/C22H17F2N5S/c1-14-19(29-30-20-6-5-17(23)12-18(20)24)10-16(13-27-14)15-7-9-26-22(11-15)28-21-4-2-3-8-25-21/h2-13,29H,1H3,(H,25,26,28). The number of aromatic nitrogens is 3. The fraction of sp³-hybridized carbons (Fsp3) is 0.0455. The molecular weight excluding hydrogens is 404 g/mol. The number of benzene rings is 1. The number of aryl methyl sites for hydroxylation is 1. The van der Waals surface area contributed by atoms with E-state index in [0.717, 1.165) is 40.5 Å². The van der Waals surface area contributed by atoms with Gasteiger partial charge in [0.15, 0.2) is 0 Å². The largest absolute Gasteiger partial charge is 0.325 e. The lowest BCUT2D eigenvalue weighted by Gasteiger charge is -2.12. The Labute approximate surface area is 176 Å². The van der Waals surface area contributed by atoms with E-state index in [0.29, 0.717) is 16.5 Å². The Morgan fingerprint density at radius 2 is 1.70 bits per heavy atom. The van der Waals surface area contributed by atoms with Crippen LogP contribution in [-0.2, 0) is 0 Å². The molecule has 3 aromatic heterocycles. The van der Waals surface area contributed by atoms with Gasteiger partial charge >= 0.3 is 0 Å². The van der Waals surface area contributed by atoms with Gasteiger partial charge in [-0.25, -0.2) is 18.7 Å². The molecule has 0 aliphatic rings. The van der Waals surface area contributed by atoms with Crippen molar-refractivity contribution in [2.24, 2.45) is 0 Å². The van der Waals surface area contributed by atoms with Gasteiger partial charge in [0.05, 0.1) is 16.3 Å². The van der Waals surface area contributed by atoms with Gasteiger partial charge in [-0.05, 0) is 66.9 Å². The lowest BCUT2D eigenvalue weighted by atomic mass is 10.1. The zero-order valence-corrected chi connectivity index (χ0v) is 16.8. The second-order valence-electron chi connectivity index (χ2n) is 6.41. The fourth-order valence-corrected chi connectivity index (χ4v) is 3.43. The summed E-state index contributed by atoms with van der Waals surface area (Å²) in [6, 6.07) is 14.8. The van der Waals surface area contributed by atoms with E-state index in [1.807, 2.05) is 43.3 Å². The van der Waals surface area contributed by atoms with Gasteiger partial charge in [0, 0.05) is 30.2 Å². The summed E-state index contributed by atoms with van der Waals surface area (Å²) < 4.78 is 30.1. The average Bonchev–Trinajstić information content (AvgIpc) is 2.75. The maximum absolute atomic E-state index is 13.9. The Morgan fingerprint density at radius 1 is 0.833 bits per heavy atom. The van der Waals surface area contributed by atoms with E-state index in [1.165, 1.54) is 12.1 Å². The van der Waals surface area contributed by atoms with Crippen molar-refractivity contribution in [3.8, 4) is 11.1 Å². The maximum Gasteiger partial charge on any atom is 0.141 e. The number of anilines is 3. The number of hydrogen-bond acceptors (Lipinski definition) is 6. The van der Waals surface area contributed by atoms with Crippen molar-refractivity contribution in [3.05, 3.63) is 90.5 Å². The molecule has 150 valence electrons. The third-order valence-corrected chi connectivity index (χ3v) is 5.14. The first-order valence-electron chi connectivity index (χ1n) is 9.07. The van der Waals surface area contributed by atoms with Crippen molar-refractivity contribution in [2.45, 2.75) is 11.8 Å². The van der Waals surface area contributed by atoms with Gasteiger partial charge in [-0.3, -0.25) is 4.98 Å². The zero-order valence-electron chi connectivity index (χ0n) is 15.9. The second-order valence-corrected chi connectivity index (χ2v) is 7.25. The van der Waals surface area contributed by atoms with Crippen molar-refractivity contribution in [1.82, 2.24) is 15.0 Å². The van der Waals surface area contributed by atoms with Gasteiger partial charge in [0.25, 0.3) is 0 Å². The van der Waals surface area contributed by atoms with Crippen molar-refractivity contribution in [2.75, 3.05) is 10.0 Å². The van der Waals surface area contributed by atoms with Gasteiger partial charge < -0.3 is 10.0 Å². The molecule has 0 fully saturated rings. The molecule has 8 heteroatoms. The highest BCUT2D eigenvalue weighted by Crippen LogP contribution is 2.29. The Kier molecular flexibility index (Phi) is 5.85. The van der Waals surface area contributed by atoms with Crippen molar-refractivity contribution < 1.29 is 8.78 Å². The third-order valence-electron chi connectivity index (χ3n) is 4.27. The summed E-state index contributed by atoms with van der Waals surface area (Å²) >= 11 is 1.07. The topological polar surface area (TPSA) is 62.7 Å². The summed E-state index contributed by atoms with van der Waals surface area (Å²) in [7, 11) is 0. The first-order valence-corrected chi connectivity index (χ1v) is 9.89. The molecule has 4 rings (SSSR count). The van der Waals surface area contributed by atoms with Crippen LogP contribution in [0.4, 0.5) is 26.1 Å². The summed E-state index contributed by atoms with van der Waals surface area (Å²) in [5.41, 5.74) is 3.28. The molecule has 0 amide bonds. The lowest BCUT2D eigenvalue weighted by molar-refractivity contribution is 0.566. The van der Waals surface area contributed by atoms with Crippen LogP contribution in [0.15, 0.2) is 78.1 Å². The molecule has 0 radical (unpaired) electrons. The first-order chi connectivity index (χ1) is 14.6. The highest BCUT2D eigenvalue weighted by Gasteiger charge is 2.09. The van der Waals surface area contributed by atoms with Crippen molar-refractivity contribution >= 4 is 29.3 Å². The van der Waals surface area contributed by atoms with Gasteiger partial charge in [-0.15, -0.1) is 0 Å². The van der Waals surface area contributed by atoms with Crippen molar-refractivity contribution in [1.29, 1.82) is 0 Å². The van der Waals surface area contributed by atoms with Crippen LogP contribution in [0.25, 0.3) is 11.1 Å². The first kappa shape index (κ1) is 19.8. The fourth-order valence-electron chi connectivity index (χ4n) is 2.71. The highest BCUT2D eigenvalue weighted by molar-refractivity contribution is 8.00. The molecule has 0 aliphatic carbocycles. The van der Waals surface area contributed by atoms with Crippen molar-refractivity contribution in [3.63, 3.8) is 0 Å². The molecule has 0 saturated carbocycles. The minimum Gasteiger partial charge on any atom is -0.325 e. The number of nitrogens with zero attached hydrogens (tertiary/aromatic N) is 3. The molecule has 0 bridgehead atoms. The number of halogens is 2. The van der Waals surface area contributed by atoms with E-state index in [1.54, 1.807) is 18.6 Å². The molecule has 2 N–H and O–H groups in total. The van der Waals surface area contributed by atoms with Crippen LogP contribution in [0.2, 0.25) is 0 Å². The van der Waals surface area contributed by atoms with Crippen LogP contribution in [0.3, 0.4) is 0 Å². The summed E-state index contributed by atoms with van der Waals surface area (Å²) in [6.45, 7) is 1.86. The minimum atomic E-state index is -0.617. The van der Waals surface area contributed by atoms with Gasteiger partial charge in [0.1, 0.15) is 23.3 Å². The van der Waals surface area contributed by atoms with Crippen LogP contribution >= 0.6 is 11.9 Å². The SMILES string of the molecule is Cc1ncc(-c2ccnc(Nc3ccccn3)c2)cc1NSc1ccc(F)cc1F. The summed E-state index contributed by atoms with van der Waals surface area (Å²) in [4.78, 5) is 13.3. The predicted molar refractivity (Wildman–Crippen MR) is 116 cm³/mol. The molecule has 0 saturated heterocycles. The quantitative estimate of drug-likeness (QED) is 0.373. The Hall–Kier alpha value is -3.52. The minimum absolute atomic E-state index is 0.298. The Balaban J connectivity index is 1.55. The van der Waals surface area contributed by atoms with Gasteiger partial charge in [0.2, 0.25) is 0 Å². The molecule has 30 heavy (non-hydrogen) atoms.